The topological polar surface area (TPSA) is 68.7 Å². The summed E-state index contributed by atoms with van der Waals surface area (Å²) in [5.74, 6) is -0.443. The number of carbonyl (C=O) groups is 1. The number of aryl methyl sites for hydroxylation is 1. The van der Waals surface area contributed by atoms with Crippen LogP contribution in [0.2, 0.25) is 0 Å². The maximum Gasteiger partial charge on any atom is 0.354 e. The van der Waals surface area contributed by atoms with E-state index in [1.54, 1.807) is 20.1 Å². The van der Waals surface area contributed by atoms with E-state index in [9.17, 15) is 4.79 Å². The molecule has 1 aromatic rings. The van der Waals surface area contributed by atoms with Crippen molar-refractivity contribution >= 4 is 5.97 Å². The zero-order valence-corrected chi connectivity index (χ0v) is 9.40. The summed E-state index contributed by atoms with van der Waals surface area (Å²) in [5, 5.41) is 8.78. The van der Waals surface area contributed by atoms with E-state index in [0.29, 0.717) is 24.5 Å². The normalized spacial score (nSPS) is 10.1. The molecule has 1 N–H and O–H groups in total. The molecule has 0 fully saturated rings. The monoisotopic (exact) mass is 225 g/mol. The van der Waals surface area contributed by atoms with Crippen molar-refractivity contribution in [3.8, 4) is 5.75 Å². The van der Waals surface area contributed by atoms with Crippen molar-refractivity contribution in [2.75, 3.05) is 20.3 Å². The van der Waals surface area contributed by atoms with E-state index < -0.39 is 5.97 Å². The fraction of sp³-hybridized carbons (Fsp3) is 0.455. The van der Waals surface area contributed by atoms with Crippen LogP contribution in [0.1, 0.15) is 22.5 Å². The number of nitrogens with zero attached hydrogens (tertiary/aromatic N) is 1. The smallest absolute Gasteiger partial charge is 0.354 e. The second-order valence-electron chi connectivity index (χ2n) is 3.34. The van der Waals surface area contributed by atoms with Gasteiger partial charge in [0.05, 0.1) is 12.8 Å². The van der Waals surface area contributed by atoms with Crippen molar-refractivity contribution < 1.29 is 19.4 Å². The Labute approximate surface area is 94.0 Å². The third kappa shape index (κ3) is 3.51. The Hall–Kier alpha value is -1.62. The van der Waals surface area contributed by atoms with Gasteiger partial charge in [-0.2, -0.15) is 0 Å². The van der Waals surface area contributed by atoms with Gasteiger partial charge in [0.2, 0.25) is 0 Å². The van der Waals surface area contributed by atoms with Crippen molar-refractivity contribution in [2.45, 2.75) is 13.3 Å². The molecule has 16 heavy (non-hydrogen) atoms. The standard InChI is InChI=1S/C11H15NO4/c1-8-6-9(16-5-3-4-15-2)7-12-10(8)11(13)14/h6-7H,3-5H2,1-2H3,(H,13,14). The number of ether oxygens (including phenoxy) is 2. The maximum absolute atomic E-state index is 10.7. The van der Waals surface area contributed by atoms with Gasteiger partial charge in [0, 0.05) is 20.1 Å². The van der Waals surface area contributed by atoms with Gasteiger partial charge in [0.1, 0.15) is 5.75 Å². The van der Waals surface area contributed by atoms with E-state index in [1.165, 1.54) is 6.20 Å². The summed E-state index contributed by atoms with van der Waals surface area (Å²) in [5.41, 5.74) is 0.654. The summed E-state index contributed by atoms with van der Waals surface area (Å²) >= 11 is 0. The summed E-state index contributed by atoms with van der Waals surface area (Å²) in [6.45, 7) is 2.86. The van der Waals surface area contributed by atoms with E-state index >= 15 is 0 Å². The van der Waals surface area contributed by atoms with Gasteiger partial charge in [-0.3, -0.25) is 0 Å². The number of carboxylic acids is 1. The highest BCUT2D eigenvalue weighted by Gasteiger charge is 2.09. The highest BCUT2D eigenvalue weighted by molar-refractivity contribution is 5.87. The Kier molecular flexibility index (Phi) is 4.72. The van der Waals surface area contributed by atoms with Crippen LogP contribution in [-0.2, 0) is 4.74 Å². The summed E-state index contributed by atoms with van der Waals surface area (Å²) < 4.78 is 10.3. The molecule has 0 saturated heterocycles. The van der Waals surface area contributed by atoms with Gasteiger partial charge in [-0.1, -0.05) is 0 Å². The van der Waals surface area contributed by atoms with Crippen molar-refractivity contribution in [3.05, 3.63) is 23.5 Å². The summed E-state index contributed by atoms with van der Waals surface area (Å²) in [4.78, 5) is 14.5. The van der Waals surface area contributed by atoms with Crippen LogP contribution in [-0.4, -0.2) is 36.4 Å². The van der Waals surface area contributed by atoms with E-state index in [-0.39, 0.29) is 5.69 Å². The van der Waals surface area contributed by atoms with Crippen LogP contribution in [0, 0.1) is 6.92 Å². The Bertz CT molecular complexity index is 365. The third-order valence-electron chi connectivity index (χ3n) is 2.02. The predicted octanol–water partition coefficient (Wildman–Crippen LogP) is 1.50. The van der Waals surface area contributed by atoms with E-state index in [2.05, 4.69) is 4.98 Å². The molecule has 0 spiro atoms. The number of hydrogen-bond donors (Lipinski definition) is 1. The molecule has 0 saturated carbocycles. The third-order valence-corrected chi connectivity index (χ3v) is 2.02. The lowest BCUT2D eigenvalue weighted by molar-refractivity contribution is 0.0689. The summed E-state index contributed by atoms with van der Waals surface area (Å²) in [6, 6.07) is 1.67. The average Bonchev–Trinajstić information content (AvgIpc) is 2.24. The molecule has 1 rings (SSSR count). The number of pyridine rings is 1. The highest BCUT2D eigenvalue weighted by Crippen LogP contribution is 2.14. The largest absolute Gasteiger partial charge is 0.492 e. The molecule has 0 aromatic carbocycles. The molecule has 0 radical (unpaired) electrons. The van der Waals surface area contributed by atoms with Crippen LogP contribution in [0.3, 0.4) is 0 Å². The number of aromatic nitrogens is 1. The number of carboxylic acid groups (broad SMARTS) is 1. The van der Waals surface area contributed by atoms with E-state index in [1.807, 2.05) is 0 Å². The number of rotatable bonds is 6. The molecule has 0 amide bonds. The van der Waals surface area contributed by atoms with Gasteiger partial charge in [0.15, 0.2) is 5.69 Å². The Balaban J connectivity index is 2.56. The maximum atomic E-state index is 10.7. The molecular weight excluding hydrogens is 210 g/mol. The van der Waals surface area contributed by atoms with E-state index in [4.69, 9.17) is 14.6 Å². The highest BCUT2D eigenvalue weighted by atomic mass is 16.5. The summed E-state index contributed by atoms with van der Waals surface area (Å²) in [7, 11) is 1.63. The predicted molar refractivity (Wildman–Crippen MR) is 57.9 cm³/mol. The first-order valence-electron chi connectivity index (χ1n) is 4.97. The van der Waals surface area contributed by atoms with Crippen LogP contribution in [0.15, 0.2) is 12.3 Å². The first-order valence-corrected chi connectivity index (χ1v) is 4.97. The fourth-order valence-corrected chi connectivity index (χ4v) is 1.25. The lowest BCUT2D eigenvalue weighted by Crippen LogP contribution is -2.05. The molecule has 0 atom stereocenters. The SMILES string of the molecule is COCCCOc1cnc(C(=O)O)c(C)c1. The van der Waals surface area contributed by atoms with Crippen molar-refractivity contribution in [1.82, 2.24) is 4.98 Å². The number of hydrogen-bond acceptors (Lipinski definition) is 4. The minimum Gasteiger partial charge on any atom is -0.492 e. The average molecular weight is 225 g/mol. The zero-order valence-electron chi connectivity index (χ0n) is 9.40. The van der Waals surface area contributed by atoms with Crippen molar-refractivity contribution in [1.29, 1.82) is 0 Å². The lowest BCUT2D eigenvalue weighted by atomic mass is 10.2. The van der Waals surface area contributed by atoms with Crippen LogP contribution >= 0.6 is 0 Å². The molecule has 0 bridgehead atoms. The molecule has 0 unspecified atom stereocenters. The first-order chi connectivity index (χ1) is 7.65. The second kappa shape index (κ2) is 6.07. The van der Waals surface area contributed by atoms with Gasteiger partial charge in [-0.05, 0) is 18.6 Å². The lowest BCUT2D eigenvalue weighted by Gasteiger charge is -2.07. The van der Waals surface area contributed by atoms with Gasteiger partial charge in [-0.25, -0.2) is 9.78 Å². The minimum atomic E-state index is -1.02. The van der Waals surface area contributed by atoms with Crippen LogP contribution in [0.5, 0.6) is 5.75 Å². The van der Waals surface area contributed by atoms with E-state index in [0.717, 1.165) is 6.42 Å². The Morgan fingerprint density at radius 3 is 2.81 bits per heavy atom. The molecule has 5 heteroatoms. The van der Waals surface area contributed by atoms with Gasteiger partial charge in [-0.15, -0.1) is 0 Å². The van der Waals surface area contributed by atoms with Crippen LogP contribution < -0.4 is 4.74 Å². The quantitative estimate of drug-likeness (QED) is 0.743. The van der Waals surface area contributed by atoms with Gasteiger partial charge >= 0.3 is 5.97 Å². The molecule has 88 valence electrons. The van der Waals surface area contributed by atoms with Gasteiger partial charge in [0.25, 0.3) is 0 Å². The Morgan fingerprint density at radius 1 is 1.50 bits per heavy atom. The Morgan fingerprint density at radius 2 is 2.25 bits per heavy atom. The van der Waals surface area contributed by atoms with Crippen molar-refractivity contribution in [3.63, 3.8) is 0 Å². The minimum absolute atomic E-state index is 0.0595. The zero-order chi connectivity index (χ0) is 12.0. The molecule has 1 heterocycles. The second-order valence-corrected chi connectivity index (χ2v) is 3.34. The van der Waals surface area contributed by atoms with Crippen LogP contribution in [0.25, 0.3) is 0 Å². The molecule has 5 nitrogen and oxygen atoms in total. The number of aromatic carboxylic acids is 1. The fourth-order valence-electron chi connectivity index (χ4n) is 1.25. The van der Waals surface area contributed by atoms with Crippen molar-refractivity contribution in [2.24, 2.45) is 0 Å². The van der Waals surface area contributed by atoms with Crippen LogP contribution in [0.4, 0.5) is 0 Å². The molecule has 1 aromatic heterocycles. The molecule has 0 aliphatic carbocycles. The molecule has 0 aliphatic rings. The first kappa shape index (κ1) is 12.4. The molecular formula is C11H15NO4. The van der Waals surface area contributed by atoms with Gasteiger partial charge < -0.3 is 14.6 Å². The number of methoxy groups -OCH3 is 1. The molecule has 0 aliphatic heterocycles. The summed E-state index contributed by atoms with van der Waals surface area (Å²) in [6.07, 6.45) is 2.21.